The van der Waals surface area contributed by atoms with E-state index in [4.69, 9.17) is 25.5 Å². The quantitative estimate of drug-likeness (QED) is 0.287. The van der Waals surface area contributed by atoms with Gasteiger partial charge in [0.05, 0.1) is 31.3 Å². The van der Waals surface area contributed by atoms with Crippen LogP contribution in [0.4, 0.5) is 0 Å². The van der Waals surface area contributed by atoms with E-state index in [1.807, 2.05) is 32.0 Å². The second kappa shape index (κ2) is 11.1. The lowest BCUT2D eigenvalue weighted by atomic mass is 10.0. The highest BCUT2D eigenvalue weighted by atomic mass is 127. The molecule has 30 heavy (non-hydrogen) atoms. The minimum Gasteiger partial charge on any atom is -0.489 e. The van der Waals surface area contributed by atoms with Crippen LogP contribution in [0.2, 0.25) is 5.02 Å². The number of aryl methyl sites for hydroxylation is 1. The van der Waals surface area contributed by atoms with E-state index in [-0.39, 0.29) is 30.5 Å². The van der Waals surface area contributed by atoms with Gasteiger partial charge in [0, 0.05) is 13.0 Å². The van der Waals surface area contributed by atoms with Gasteiger partial charge in [-0.25, -0.2) is 4.99 Å². The molecule has 1 atom stereocenters. The fourth-order valence-corrected chi connectivity index (χ4v) is 3.24. The lowest BCUT2D eigenvalue weighted by Gasteiger charge is -2.23. The monoisotopic (exact) mass is 549 g/mol. The number of halogens is 2. The number of ether oxygens (including phenoxy) is 2. The smallest absolute Gasteiger partial charge is 0.191 e. The van der Waals surface area contributed by atoms with Crippen LogP contribution in [0.3, 0.4) is 0 Å². The van der Waals surface area contributed by atoms with E-state index < -0.39 is 5.60 Å². The second-order valence-corrected chi connectivity index (χ2v) is 7.60. The van der Waals surface area contributed by atoms with Crippen molar-refractivity contribution in [2.24, 2.45) is 4.99 Å². The van der Waals surface area contributed by atoms with Crippen molar-refractivity contribution in [3.8, 4) is 11.5 Å². The SMILES string of the molecule is CCNC(=NCc1cc(Cl)c2c(c1)OCCCO2)NCC(C)(O)c1ccc(C)o1.I. The standard InChI is InChI=1S/C21H28ClN3O4.HI/c1-4-23-20(25-13-21(3,26)18-7-6-14(2)29-18)24-12-15-10-16(22)19-17(11-15)27-8-5-9-28-19;/h6-7,10-11,26H,4-5,8-9,12-13H2,1-3H3,(H2,23,24,25);1H. The lowest BCUT2D eigenvalue weighted by molar-refractivity contribution is 0.0378. The molecule has 1 aromatic heterocycles. The number of benzene rings is 1. The first-order chi connectivity index (χ1) is 13.9. The maximum absolute atomic E-state index is 10.7. The third-order valence-corrected chi connectivity index (χ3v) is 4.78. The summed E-state index contributed by atoms with van der Waals surface area (Å²) in [6, 6.07) is 7.35. The average molecular weight is 550 g/mol. The normalized spacial score (nSPS) is 15.6. The van der Waals surface area contributed by atoms with Crippen LogP contribution in [0.1, 0.15) is 37.4 Å². The number of nitrogens with one attached hydrogen (secondary N) is 2. The largest absolute Gasteiger partial charge is 0.489 e. The predicted molar refractivity (Wildman–Crippen MR) is 128 cm³/mol. The molecule has 166 valence electrons. The van der Waals surface area contributed by atoms with Crippen LogP contribution in [0, 0.1) is 6.92 Å². The first-order valence-electron chi connectivity index (χ1n) is 9.78. The van der Waals surface area contributed by atoms with E-state index in [0.29, 0.717) is 54.5 Å². The molecule has 1 aliphatic rings. The molecule has 0 saturated heterocycles. The molecule has 0 aliphatic carbocycles. The molecule has 0 spiro atoms. The number of guanidine groups is 1. The van der Waals surface area contributed by atoms with Gasteiger partial charge < -0.3 is 29.6 Å². The Morgan fingerprint density at radius 1 is 1.23 bits per heavy atom. The molecule has 0 amide bonds. The number of fused-ring (bicyclic) bond motifs is 1. The Kier molecular flexibility index (Phi) is 9.11. The van der Waals surface area contributed by atoms with Gasteiger partial charge in [0.15, 0.2) is 17.5 Å². The van der Waals surface area contributed by atoms with Gasteiger partial charge in [-0.3, -0.25) is 0 Å². The van der Waals surface area contributed by atoms with E-state index in [2.05, 4.69) is 15.6 Å². The summed E-state index contributed by atoms with van der Waals surface area (Å²) in [6.45, 7) is 8.05. The third kappa shape index (κ3) is 6.42. The molecule has 0 radical (unpaired) electrons. The van der Waals surface area contributed by atoms with Gasteiger partial charge in [0.1, 0.15) is 17.1 Å². The van der Waals surface area contributed by atoms with E-state index in [9.17, 15) is 5.11 Å². The van der Waals surface area contributed by atoms with Crippen molar-refractivity contribution in [3.63, 3.8) is 0 Å². The van der Waals surface area contributed by atoms with Gasteiger partial charge in [0.25, 0.3) is 0 Å². The minimum atomic E-state index is -1.16. The molecule has 9 heteroatoms. The Bertz CT molecular complexity index is 870. The Morgan fingerprint density at radius 2 is 2.00 bits per heavy atom. The molecule has 2 aromatic rings. The number of furan rings is 1. The van der Waals surface area contributed by atoms with Gasteiger partial charge in [-0.1, -0.05) is 11.6 Å². The van der Waals surface area contributed by atoms with Gasteiger partial charge in [0.2, 0.25) is 0 Å². The number of hydrogen-bond donors (Lipinski definition) is 3. The Labute approximate surface area is 199 Å². The zero-order chi connectivity index (χ0) is 20.9. The number of aliphatic hydroxyl groups is 1. The highest BCUT2D eigenvalue weighted by Gasteiger charge is 2.27. The van der Waals surface area contributed by atoms with Crippen LogP contribution in [0.5, 0.6) is 11.5 Å². The first kappa shape index (κ1) is 24.6. The fraction of sp³-hybridized carbons (Fsp3) is 0.476. The minimum absolute atomic E-state index is 0. The zero-order valence-corrected chi connectivity index (χ0v) is 20.5. The fourth-order valence-electron chi connectivity index (χ4n) is 2.95. The van der Waals surface area contributed by atoms with Crippen molar-refractivity contribution in [1.29, 1.82) is 0 Å². The molecule has 1 aromatic carbocycles. The summed E-state index contributed by atoms with van der Waals surface area (Å²) in [6.07, 6.45) is 0.822. The number of aliphatic imine (C=N–C) groups is 1. The summed E-state index contributed by atoms with van der Waals surface area (Å²) >= 11 is 6.36. The molecule has 2 heterocycles. The second-order valence-electron chi connectivity index (χ2n) is 7.19. The summed E-state index contributed by atoms with van der Waals surface area (Å²) in [4.78, 5) is 4.60. The van der Waals surface area contributed by atoms with Crippen molar-refractivity contribution in [2.45, 2.75) is 39.3 Å². The van der Waals surface area contributed by atoms with Gasteiger partial charge >= 0.3 is 0 Å². The maximum atomic E-state index is 10.7. The molecule has 1 aliphatic heterocycles. The molecule has 0 bridgehead atoms. The molecular weight excluding hydrogens is 521 g/mol. The summed E-state index contributed by atoms with van der Waals surface area (Å²) in [5.74, 6) is 3.08. The van der Waals surface area contributed by atoms with E-state index in [1.54, 1.807) is 13.0 Å². The van der Waals surface area contributed by atoms with E-state index in [0.717, 1.165) is 17.7 Å². The van der Waals surface area contributed by atoms with Crippen LogP contribution in [-0.2, 0) is 12.1 Å². The first-order valence-corrected chi connectivity index (χ1v) is 10.2. The third-order valence-electron chi connectivity index (χ3n) is 4.50. The van der Waals surface area contributed by atoms with E-state index in [1.165, 1.54) is 0 Å². The molecule has 7 nitrogen and oxygen atoms in total. The summed E-state index contributed by atoms with van der Waals surface area (Å²) < 4.78 is 17.0. The number of nitrogens with zero attached hydrogens (tertiary/aromatic N) is 1. The lowest BCUT2D eigenvalue weighted by Crippen LogP contribution is -2.44. The highest BCUT2D eigenvalue weighted by Crippen LogP contribution is 2.38. The van der Waals surface area contributed by atoms with Crippen molar-refractivity contribution >= 4 is 41.5 Å². The van der Waals surface area contributed by atoms with Crippen molar-refractivity contribution in [1.82, 2.24) is 10.6 Å². The molecule has 1 unspecified atom stereocenters. The molecular formula is C21H29ClIN3O4. The van der Waals surface area contributed by atoms with Gasteiger partial charge in [-0.15, -0.1) is 24.0 Å². The Hall–Kier alpha value is -1.65. The molecule has 0 saturated carbocycles. The summed E-state index contributed by atoms with van der Waals surface area (Å²) in [5.41, 5.74) is -0.256. The Morgan fingerprint density at radius 3 is 2.70 bits per heavy atom. The number of hydrogen-bond acceptors (Lipinski definition) is 5. The summed E-state index contributed by atoms with van der Waals surface area (Å²) in [7, 11) is 0. The van der Waals surface area contributed by atoms with Crippen molar-refractivity contribution in [3.05, 3.63) is 46.4 Å². The molecule has 3 rings (SSSR count). The average Bonchev–Trinajstić information content (AvgIpc) is 2.98. The maximum Gasteiger partial charge on any atom is 0.191 e. The molecule has 3 N–H and O–H groups in total. The topological polar surface area (TPSA) is 88.3 Å². The van der Waals surface area contributed by atoms with Crippen molar-refractivity contribution < 1.29 is 19.0 Å². The number of rotatable bonds is 6. The predicted octanol–water partition coefficient (Wildman–Crippen LogP) is 3.98. The van der Waals surface area contributed by atoms with Crippen molar-refractivity contribution in [2.75, 3.05) is 26.3 Å². The van der Waals surface area contributed by atoms with Crippen LogP contribution in [0.25, 0.3) is 0 Å². The van der Waals surface area contributed by atoms with Gasteiger partial charge in [-0.05, 0) is 50.6 Å². The van der Waals surface area contributed by atoms with Crippen LogP contribution < -0.4 is 20.1 Å². The van der Waals surface area contributed by atoms with E-state index >= 15 is 0 Å². The highest BCUT2D eigenvalue weighted by molar-refractivity contribution is 14.0. The van der Waals surface area contributed by atoms with Crippen LogP contribution >= 0.6 is 35.6 Å². The zero-order valence-electron chi connectivity index (χ0n) is 17.5. The van der Waals surface area contributed by atoms with Crippen LogP contribution in [0.15, 0.2) is 33.7 Å². The Balaban J connectivity index is 0.00000320. The van der Waals surface area contributed by atoms with Gasteiger partial charge in [-0.2, -0.15) is 0 Å². The van der Waals surface area contributed by atoms with Crippen LogP contribution in [-0.4, -0.2) is 37.4 Å². The summed E-state index contributed by atoms with van der Waals surface area (Å²) in [5, 5.41) is 17.6. The molecule has 0 fully saturated rings.